The van der Waals surface area contributed by atoms with E-state index < -0.39 is 0 Å². The first-order chi connectivity index (χ1) is 14.7. The number of amides is 2. The van der Waals surface area contributed by atoms with E-state index in [-0.39, 0.29) is 11.8 Å². The molecule has 0 unspecified atom stereocenters. The molecule has 0 spiro atoms. The number of oxazole rings is 1. The van der Waals surface area contributed by atoms with Crippen LogP contribution in [0.15, 0.2) is 77.7 Å². The van der Waals surface area contributed by atoms with Crippen molar-refractivity contribution in [1.29, 1.82) is 0 Å². The number of nitrogens with zero attached hydrogens (tertiary/aromatic N) is 3. The van der Waals surface area contributed by atoms with Crippen molar-refractivity contribution in [3.63, 3.8) is 0 Å². The molecule has 0 aliphatic rings. The fourth-order valence-electron chi connectivity index (χ4n) is 2.95. The number of nitrogens with one attached hydrogen (secondary N) is 2. The van der Waals surface area contributed by atoms with Crippen LogP contribution in [0, 0.1) is 5.82 Å². The lowest BCUT2D eigenvalue weighted by Crippen LogP contribution is -2.30. The molecule has 0 radical (unpaired) electrons. The van der Waals surface area contributed by atoms with Crippen molar-refractivity contribution in [3.05, 3.63) is 90.3 Å². The molecule has 0 fully saturated rings. The van der Waals surface area contributed by atoms with Gasteiger partial charge in [-0.25, -0.2) is 14.2 Å². The third kappa shape index (κ3) is 5.11. The summed E-state index contributed by atoms with van der Waals surface area (Å²) in [6, 6.07) is 15.1. The van der Waals surface area contributed by atoms with Gasteiger partial charge in [0.2, 0.25) is 5.89 Å². The van der Waals surface area contributed by atoms with Gasteiger partial charge in [-0.1, -0.05) is 12.1 Å². The Hall–Kier alpha value is -3.94. The van der Waals surface area contributed by atoms with Crippen molar-refractivity contribution >= 4 is 11.7 Å². The zero-order chi connectivity index (χ0) is 20.8. The van der Waals surface area contributed by atoms with E-state index >= 15 is 0 Å². The van der Waals surface area contributed by atoms with E-state index in [0.29, 0.717) is 42.3 Å². The van der Waals surface area contributed by atoms with Crippen molar-refractivity contribution in [2.75, 3.05) is 11.9 Å². The highest BCUT2D eigenvalue weighted by molar-refractivity contribution is 5.89. The number of aromatic nitrogens is 3. The molecule has 0 saturated carbocycles. The maximum Gasteiger partial charge on any atom is 0.319 e. The average Bonchev–Trinajstić information content (AvgIpc) is 3.41. The summed E-state index contributed by atoms with van der Waals surface area (Å²) < 4.78 is 20.3. The maximum absolute atomic E-state index is 13.0. The summed E-state index contributed by atoms with van der Waals surface area (Å²) in [4.78, 5) is 16.5. The van der Waals surface area contributed by atoms with Crippen LogP contribution >= 0.6 is 0 Å². The summed E-state index contributed by atoms with van der Waals surface area (Å²) in [6.07, 6.45) is 5.67. The van der Waals surface area contributed by atoms with Crippen LogP contribution in [0.3, 0.4) is 0 Å². The van der Waals surface area contributed by atoms with Gasteiger partial charge in [0, 0.05) is 36.6 Å². The Morgan fingerprint density at radius 3 is 2.80 bits per heavy atom. The summed E-state index contributed by atoms with van der Waals surface area (Å²) in [5.41, 5.74) is 3.14. The van der Waals surface area contributed by atoms with Crippen molar-refractivity contribution in [2.24, 2.45) is 0 Å². The number of anilines is 1. The smallest absolute Gasteiger partial charge is 0.319 e. The van der Waals surface area contributed by atoms with Gasteiger partial charge in [-0.15, -0.1) is 0 Å². The summed E-state index contributed by atoms with van der Waals surface area (Å²) >= 11 is 0. The van der Waals surface area contributed by atoms with Gasteiger partial charge in [-0.05, 0) is 48.0 Å². The van der Waals surface area contributed by atoms with E-state index in [2.05, 4.69) is 20.7 Å². The van der Waals surface area contributed by atoms with Gasteiger partial charge in [0.15, 0.2) is 0 Å². The maximum atomic E-state index is 13.0. The molecule has 0 aliphatic carbocycles. The summed E-state index contributed by atoms with van der Waals surface area (Å²) in [5.74, 6) is 0.108. The molecule has 0 atom stereocenters. The number of hydrogen-bond donors (Lipinski definition) is 2. The van der Waals surface area contributed by atoms with Crippen LogP contribution in [0.5, 0.6) is 0 Å². The van der Waals surface area contributed by atoms with Crippen LogP contribution < -0.4 is 10.6 Å². The highest BCUT2D eigenvalue weighted by atomic mass is 19.1. The minimum atomic E-state index is -0.312. The molecular formula is C22H20FN5O2. The molecule has 0 bridgehead atoms. The molecule has 0 aliphatic heterocycles. The SMILES string of the molecule is O=C(NCCc1coc(-c2ccc(F)cc2)n1)Nc1cccc(Cn2cccn2)c1. The number of carbonyl (C=O) groups is 1. The summed E-state index contributed by atoms with van der Waals surface area (Å²) in [5, 5.41) is 9.81. The van der Waals surface area contributed by atoms with E-state index in [1.807, 2.05) is 41.2 Å². The van der Waals surface area contributed by atoms with Gasteiger partial charge in [0.05, 0.1) is 12.2 Å². The highest BCUT2D eigenvalue weighted by Gasteiger charge is 2.08. The third-order valence-corrected chi connectivity index (χ3v) is 4.40. The lowest BCUT2D eigenvalue weighted by Gasteiger charge is -2.09. The summed E-state index contributed by atoms with van der Waals surface area (Å²) in [6.45, 7) is 1.03. The number of halogens is 1. The highest BCUT2D eigenvalue weighted by Crippen LogP contribution is 2.19. The van der Waals surface area contributed by atoms with Crippen LogP contribution in [0.2, 0.25) is 0 Å². The molecule has 152 valence electrons. The number of urea groups is 1. The second kappa shape index (κ2) is 9.04. The number of hydrogen-bond acceptors (Lipinski definition) is 4. The Morgan fingerprint density at radius 1 is 1.13 bits per heavy atom. The topological polar surface area (TPSA) is 85.0 Å². The molecule has 2 heterocycles. The normalized spacial score (nSPS) is 10.7. The van der Waals surface area contributed by atoms with Gasteiger partial charge in [0.1, 0.15) is 12.1 Å². The van der Waals surface area contributed by atoms with Gasteiger partial charge < -0.3 is 15.1 Å². The number of carbonyl (C=O) groups excluding carboxylic acids is 1. The van der Waals surface area contributed by atoms with E-state index in [1.165, 1.54) is 18.4 Å². The second-order valence-corrected chi connectivity index (χ2v) is 6.69. The lowest BCUT2D eigenvalue weighted by atomic mass is 10.2. The molecule has 2 N–H and O–H groups in total. The van der Waals surface area contributed by atoms with E-state index in [4.69, 9.17) is 4.42 Å². The molecular weight excluding hydrogens is 385 g/mol. The molecule has 8 heteroatoms. The predicted molar refractivity (Wildman–Crippen MR) is 110 cm³/mol. The Morgan fingerprint density at radius 2 is 2.00 bits per heavy atom. The number of benzene rings is 2. The predicted octanol–water partition coefficient (Wildman–Crippen LogP) is 4.09. The van der Waals surface area contributed by atoms with E-state index in [1.54, 1.807) is 18.3 Å². The Labute approximate surface area is 172 Å². The zero-order valence-corrected chi connectivity index (χ0v) is 16.1. The van der Waals surface area contributed by atoms with Gasteiger partial charge in [0.25, 0.3) is 0 Å². The minimum Gasteiger partial charge on any atom is -0.444 e. The second-order valence-electron chi connectivity index (χ2n) is 6.69. The van der Waals surface area contributed by atoms with Gasteiger partial charge in [-0.2, -0.15) is 5.10 Å². The van der Waals surface area contributed by atoms with Crippen molar-refractivity contribution in [2.45, 2.75) is 13.0 Å². The number of rotatable bonds is 7. The molecule has 0 saturated heterocycles. The van der Waals surface area contributed by atoms with Crippen LogP contribution in [-0.4, -0.2) is 27.3 Å². The zero-order valence-electron chi connectivity index (χ0n) is 16.1. The quantitative estimate of drug-likeness (QED) is 0.485. The molecule has 2 amide bonds. The van der Waals surface area contributed by atoms with Gasteiger partial charge >= 0.3 is 6.03 Å². The standard InChI is InChI=1S/C22H20FN5O2/c23-18-7-5-17(6-8-18)21-26-20(15-30-21)9-11-24-22(29)27-19-4-1-3-16(13-19)14-28-12-2-10-25-28/h1-8,10,12-13,15H,9,11,14H2,(H2,24,27,29). The van der Waals surface area contributed by atoms with E-state index in [9.17, 15) is 9.18 Å². The minimum absolute atomic E-state index is 0.298. The van der Waals surface area contributed by atoms with Crippen LogP contribution in [0.4, 0.5) is 14.9 Å². The molecule has 2 aromatic carbocycles. The van der Waals surface area contributed by atoms with Crippen LogP contribution in [0.1, 0.15) is 11.3 Å². The molecule has 30 heavy (non-hydrogen) atoms. The molecule has 4 rings (SSSR count). The first kappa shape index (κ1) is 19.4. The largest absolute Gasteiger partial charge is 0.444 e. The average molecular weight is 405 g/mol. The van der Waals surface area contributed by atoms with Crippen molar-refractivity contribution in [1.82, 2.24) is 20.1 Å². The first-order valence-corrected chi connectivity index (χ1v) is 9.47. The Bertz CT molecular complexity index is 1110. The Balaban J connectivity index is 1.26. The molecule has 7 nitrogen and oxygen atoms in total. The van der Waals surface area contributed by atoms with Crippen molar-refractivity contribution in [3.8, 4) is 11.5 Å². The van der Waals surface area contributed by atoms with E-state index in [0.717, 1.165) is 5.56 Å². The third-order valence-electron chi connectivity index (χ3n) is 4.40. The summed E-state index contributed by atoms with van der Waals surface area (Å²) in [7, 11) is 0. The molecule has 4 aromatic rings. The van der Waals surface area contributed by atoms with Crippen molar-refractivity contribution < 1.29 is 13.6 Å². The monoisotopic (exact) mass is 405 g/mol. The molecule has 2 aromatic heterocycles. The van der Waals surface area contributed by atoms with Crippen LogP contribution in [-0.2, 0) is 13.0 Å². The fourth-order valence-corrected chi connectivity index (χ4v) is 2.95. The first-order valence-electron chi connectivity index (χ1n) is 9.47. The van der Waals surface area contributed by atoms with Crippen LogP contribution in [0.25, 0.3) is 11.5 Å². The van der Waals surface area contributed by atoms with Gasteiger partial charge in [-0.3, -0.25) is 4.68 Å². The fraction of sp³-hybridized carbons (Fsp3) is 0.136. The Kier molecular flexibility index (Phi) is 5.84. The lowest BCUT2D eigenvalue weighted by molar-refractivity contribution is 0.252.